The van der Waals surface area contributed by atoms with E-state index in [1.165, 1.54) is 0 Å². The van der Waals surface area contributed by atoms with Gasteiger partial charge in [-0.05, 0) is 23.0 Å². The first kappa shape index (κ1) is 19.5. The van der Waals surface area contributed by atoms with Crippen molar-refractivity contribution < 1.29 is 4.79 Å². The van der Waals surface area contributed by atoms with Gasteiger partial charge in [-0.25, -0.2) is 4.98 Å². The maximum absolute atomic E-state index is 13.2. The van der Waals surface area contributed by atoms with Gasteiger partial charge in [-0.15, -0.1) is 0 Å². The van der Waals surface area contributed by atoms with E-state index in [1.54, 1.807) is 0 Å². The van der Waals surface area contributed by atoms with Crippen molar-refractivity contribution >= 4 is 22.8 Å². The molecule has 144 valence electrons. The van der Waals surface area contributed by atoms with E-state index in [0.29, 0.717) is 5.56 Å². The van der Waals surface area contributed by atoms with Crippen molar-refractivity contribution in [1.82, 2.24) is 4.98 Å². The van der Waals surface area contributed by atoms with Crippen LogP contribution in [0.15, 0.2) is 59.6 Å². The van der Waals surface area contributed by atoms with Crippen LogP contribution in [0.1, 0.15) is 43.6 Å². The fraction of sp³-hybridized carbons (Fsp3) is 0.261. The van der Waals surface area contributed by atoms with Crippen LogP contribution >= 0.6 is 0 Å². The summed E-state index contributed by atoms with van der Waals surface area (Å²) in [5, 5.41) is 0.751. The summed E-state index contributed by atoms with van der Waals surface area (Å²) in [6.45, 7) is 8.53. The molecule has 3 rings (SSSR count). The Hall–Kier alpha value is -3.21. The number of aliphatic imine (C=N–C) groups is 1. The fourth-order valence-corrected chi connectivity index (χ4v) is 3.33. The summed E-state index contributed by atoms with van der Waals surface area (Å²) >= 11 is 0. The minimum absolute atomic E-state index is 0.250. The van der Waals surface area contributed by atoms with Gasteiger partial charge in [0.25, 0.3) is 5.91 Å². The zero-order valence-corrected chi connectivity index (χ0v) is 16.7. The lowest BCUT2D eigenvalue weighted by molar-refractivity contribution is 0.100. The molecule has 0 atom stereocenters. The van der Waals surface area contributed by atoms with E-state index in [2.05, 4.69) is 32.7 Å². The van der Waals surface area contributed by atoms with Crippen LogP contribution in [0.3, 0.4) is 0 Å². The average molecular weight is 374 g/mol. The molecule has 4 N–H and O–H groups in total. The first-order valence-electron chi connectivity index (χ1n) is 9.36. The van der Waals surface area contributed by atoms with Gasteiger partial charge in [-0.3, -0.25) is 4.79 Å². The fourth-order valence-electron chi connectivity index (χ4n) is 3.33. The molecule has 5 nitrogen and oxygen atoms in total. The van der Waals surface area contributed by atoms with Gasteiger partial charge >= 0.3 is 0 Å². The lowest BCUT2D eigenvalue weighted by atomic mass is 9.71. The third-order valence-electron chi connectivity index (χ3n) is 5.47. The lowest BCUT2D eigenvalue weighted by Gasteiger charge is -2.33. The summed E-state index contributed by atoms with van der Waals surface area (Å²) in [6, 6.07) is 17.5. The second-order valence-corrected chi connectivity index (χ2v) is 7.81. The lowest BCUT2D eigenvalue weighted by Crippen LogP contribution is -2.30. The average Bonchev–Trinajstić information content (AvgIpc) is 2.66. The molecule has 28 heavy (non-hydrogen) atoms. The third kappa shape index (κ3) is 3.48. The van der Waals surface area contributed by atoms with Gasteiger partial charge in [0.2, 0.25) is 0 Å². The highest BCUT2D eigenvalue weighted by Crippen LogP contribution is 2.42. The van der Waals surface area contributed by atoms with E-state index < -0.39 is 5.91 Å². The number of carbonyl (C=O) groups is 1. The molecule has 0 aliphatic heterocycles. The molecule has 0 radical (unpaired) electrons. The Balaban J connectivity index is 2.52. The molecule has 0 bridgehead atoms. The summed E-state index contributed by atoms with van der Waals surface area (Å²) in [5.41, 5.74) is 14.6. The van der Waals surface area contributed by atoms with Gasteiger partial charge in [0.05, 0.1) is 16.8 Å². The van der Waals surface area contributed by atoms with Gasteiger partial charge in [-0.1, -0.05) is 76.2 Å². The van der Waals surface area contributed by atoms with E-state index in [1.807, 2.05) is 54.6 Å². The molecule has 2 aromatic carbocycles. The van der Waals surface area contributed by atoms with E-state index in [9.17, 15) is 4.79 Å². The minimum atomic E-state index is -0.445. The molecule has 0 saturated carbocycles. The van der Waals surface area contributed by atoms with E-state index in [-0.39, 0.29) is 17.3 Å². The van der Waals surface area contributed by atoms with Crippen LogP contribution in [-0.2, 0) is 5.41 Å². The normalized spacial score (nSPS) is 11.6. The first-order valence-corrected chi connectivity index (χ1v) is 9.36. The quantitative estimate of drug-likeness (QED) is 0.527. The first-order chi connectivity index (χ1) is 13.2. The number of guanidine groups is 1. The molecule has 0 unspecified atom stereocenters. The van der Waals surface area contributed by atoms with E-state index >= 15 is 0 Å². The van der Waals surface area contributed by atoms with Gasteiger partial charge in [0.15, 0.2) is 5.96 Å². The number of fused-ring (bicyclic) bond motifs is 1. The van der Waals surface area contributed by atoms with Crippen LogP contribution in [-0.4, -0.2) is 16.9 Å². The van der Waals surface area contributed by atoms with Crippen molar-refractivity contribution in [2.45, 2.75) is 33.1 Å². The van der Waals surface area contributed by atoms with Crippen LogP contribution in [0, 0.1) is 5.92 Å². The van der Waals surface area contributed by atoms with Gasteiger partial charge in [-0.2, -0.15) is 4.99 Å². The Morgan fingerprint density at radius 1 is 1.00 bits per heavy atom. The van der Waals surface area contributed by atoms with Gasteiger partial charge < -0.3 is 11.5 Å². The summed E-state index contributed by atoms with van der Waals surface area (Å²) in [4.78, 5) is 22.0. The number of hydrogen-bond acceptors (Lipinski definition) is 2. The van der Waals surface area contributed by atoms with Crippen LogP contribution in [0.25, 0.3) is 22.2 Å². The summed E-state index contributed by atoms with van der Waals surface area (Å²) < 4.78 is 0. The highest BCUT2D eigenvalue weighted by molar-refractivity contribution is 6.12. The second-order valence-electron chi connectivity index (χ2n) is 7.81. The van der Waals surface area contributed by atoms with Crippen LogP contribution in [0.5, 0.6) is 0 Å². The Labute approximate surface area is 165 Å². The van der Waals surface area contributed by atoms with Gasteiger partial charge in [0.1, 0.15) is 0 Å². The van der Waals surface area contributed by atoms with Crippen LogP contribution in [0.2, 0.25) is 0 Å². The molecule has 1 amide bonds. The number of para-hydroxylation sites is 1. The summed E-state index contributed by atoms with van der Waals surface area (Å²) in [7, 11) is 0. The zero-order chi connectivity index (χ0) is 20.5. The molecule has 1 heterocycles. The molecule has 0 fully saturated rings. The van der Waals surface area contributed by atoms with E-state index in [0.717, 1.165) is 27.7 Å². The summed E-state index contributed by atoms with van der Waals surface area (Å²) in [6.07, 6.45) is 0. The standard InChI is InChI=1S/C23H26N4O/c1-14(2)23(3,4)19-18(21(28)27-22(24)25)16-12-8-9-13-17(16)26-20(19)15-10-6-5-7-11-15/h5-14H,1-4H3,(H4,24,25,27,28). The molecule has 0 saturated heterocycles. The number of amides is 1. The van der Waals surface area contributed by atoms with E-state index in [4.69, 9.17) is 16.5 Å². The molecule has 0 spiro atoms. The van der Waals surface area contributed by atoms with Gasteiger partial charge in [0, 0.05) is 10.9 Å². The molecule has 0 aliphatic rings. The maximum Gasteiger partial charge on any atom is 0.281 e. The predicted molar refractivity (Wildman–Crippen MR) is 115 cm³/mol. The Kier molecular flexibility index (Phi) is 5.18. The van der Waals surface area contributed by atoms with Crippen molar-refractivity contribution in [2.24, 2.45) is 22.4 Å². The number of nitrogens with zero attached hydrogens (tertiary/aromatic N) is 2. The topological polar surface area (TPSA) is 94.4 Å². The Bertz CT molecular complexity index is 1050. The summed E-state index contributed by atoms with van der Waals surface area (Å²) in [5.74, 6) is -0.441. The number of rotatable bonds is 4. The van der Waals surface area contributed by atoms with Crippen LogP contribution < -0.4 is 11.5 Å². The largest absolute Gasteiger partial charge is 0.370 e. The highest BCUT2D eigenvalue weighted by Gasteiger charge is 2.34. The van der Waals surface area contributed by atoms with Crippen molar-refractivity contribution in [3.05, 3.63) is 65.7 Å². The van der Waals surface area contributed by atoms with Crippen LogP contribution in [0.4, 0.5) is 0 Å². The maximum atomic E-state index is 13.2. The Morgan fingerprint density at radius 2 is 1.61 bits per heavy atom. The second kappa shape index (κ2) is 7.43. The molecule has 3 aromatic rings. The predicted octanol–water partition coefficient (Wildman–Crippen LogP) is 4.25. The number of aromatic nitrogens is 1. The van der Waals surface area contributed by atoms with Crippen molar-refractivity contribution in [2.75, 3.05) is 0 Å². The third-order valence-corrected chi connectivity index (χ3v) is 5.47. The van der Waals surface area contributed by atoms with Crippen molar-refractivity contribution in [1.29, 1.82) is 0 Å². The number of pyridine rings is 1. The Morgan fingerprint density at radius 3 is 2.21 bits per heavy atom. The SMILES string of the molecule is CC(C)C(C)(C)c1c(-c2ccccc2)nc2ccccc2c1C(=O)N=C(N)N. The molecule has 5 heteroatoms. The smallest absolute Gasteiger partial charge is 0.281 e. The number of carbonyl (C=O) groups excluding carboxylic acids is 1. The molecular formula is C23H26N4O. The molecular weight excluding hydrogens is 348 g/mol. The highest BCUT2D eigenvalue weighted by atomic mass is 16.1. The number of nitrogens with two attached hydrogens (primary N) is 2. The minimum Gasteiger partial charge on any atom is -0.370 e. The zero-order valence-electron chi connectivity index (χ0n) is 16.7. The number of benzene rings is 2. The van der Waals surface area contributed by atoms with Crippen molar-refractivity contribution in [3.63, 3.8) is 0 Å². The molecule has 1 aromatic heterocycles. The van der Waals surface area contributed by atoms with Crippen molar-refractivity contribution in [3.8, 4) is 11.3 Å². The number of hydrogen-bond donors (Lipinski definition) is 2. The molecule has 0 aliphatic carbocycles. The monoisotopic (exact) mass is 374 g/mol.